The molecule has 1 aliphatic carbocycles. The number of hydrogen-bond donors (Lipinski definition) is 2. The van der Waals surface area contributed by atoms with Crippen molar-refractivity contribution in [3.05, 3.63) is 12.3 Å². The summed E-state index contributed by atoms with van der Waals surface area (Å²) < 4.78 is 0. The average molecular weight is 264 g/mol. The third-order valence-electron chi connectivity index (χ3n) is 4.16. The summed E-state index contributed by atoms with van der Waals surface area (Å²) in [6, 6.07) is 2.24. The molecule has 0 spiro atoms. The number of carbonyl (C=O) groups is 1. The van der Waals surface area contributed by atoms with Crippen LogP contribution in [0.15, 0.2) is 12.3 Å². The Labute approximate surface area is 115 Å². The third-order valence-corrected chi connectivity index (χ3v) is 4.16. The molecule has 1 saturated carbocycles. The molecule has 0 bridgehead atoms. The fraction of sp³-hybridized carbons (Fsp3) is 0.733. The molecule has 1 fully saturated rings. The van der Waals surface area contributed by atoms with Gasteiger partial charge < -0.3 is 10.4 Å². The van der Waals surface area contributed by atoms with Gasteiger partial charge in [0.1, 0.15) is 0 Å². The first-order chi connectivity index (χ1) is 8.91. The summed E-state index contributed by atoms with van der Waals surface area (Å²) in [5, 5.41) is 21.5. The van der Waals surface area contributed by atoms with E-state index in [1.165, 1.54) is 0 Å². The quantitative estimate of drug-likeness (QED) is 0.693. The second-order valence-electron chi connectivity index (χ2n) is 5.75. The normalized spacial score (nSPS) is 25.5. The predicted octanol–water partition coefficient (Wildman–Crippen LogP) is 2.72. The van der Waals surface area contributed by atoms with Gasteiger partial charge in [0.25, 0.3) is 0 Å². The maximum atomic E-state index is 12.2. The molecule has 3 atom stereocenters. The lowest BCUT2D eigenvalue weighted by atomic mass is 9.90. The Morgan fingerprint density at radius 3 is 2.79 bits per heavy atom. The Morgan fingerprint density at radius 2 is 2.26 bits per heavy atom. The van der Waals surface area contributed by atoms with Gasteiger partial charge in [0.15, 0.2) is 5.78 Å². The van der Waals surface area contributed by atoms with Crippen LogP contribution < -0.4 is 5.32 Å². The molecule has 2 unspecified atom stereocenters. The SMILES string of the molecule is C=C(O)CC(C)(CC)NCC(=O)C1CCC[C@H]1C#N. The monoisotopic (exact) mass is 264 g/mol. The first kappa shape index (κ1) is 15.7. The summed E-state index contributed by atoms with van der Waals surface area (Å²) in [6.45, 7) is 7.75. The molecule has 0 aliphatic heterocycles. The Bertz CT molecular complexity index is 386. The van der Waals surface area contributed by atoms with Gasteiger partial charge in [-0.15, -0.1) is 0 Å². The van der Waals surface area contributed by atoms with Gasteiger partial charge in [-0.05, 0) is 26.2 Å². The highest BCUT2D eigenvalue weighted by Gasteiger charge is 2.33. The van der Waals surface area contributed by atoms with Gasteiger partial charge in [0.05, 0.1) is 24.3 Å². The van der Waals surface area contributed by atoms with E-state index in [1.807, 2.05) is 13.8 Å². The highest BCUT2D eigenvalue weighted by molar-refractivity contribution is 5.83. The molecule has 0 saturated heterocycles. The Morgan fingerprint density at radius 1 is 1.58 bits per heavy atom. The molecule has 0 heterocycles. The molecular formula is C15H24N2O2. The zero-order valence-corrected chi connectivity index (χ0v) is 11.9. The van der Waals surface area contributed by atoms with Crippen LogP contribution >= 0.6 is 0 Å². The van der Waals surface area contributed by atoms with Crippen LogP contribution in [0.2, 0.25) is 0 Å². The van der Waals surface area contributed by atoms with Gasteiger partial charge in [0, 0.05) is 17.9 Å². The molecule has 0 aromatic carbocycles. The molecular weight excluding hydrogens is 240 g/mol. The van der Waals surface area contributed by atoms with Crippen LogP contribution in [-0.2, 0) is 4.79 Å². The zero-order valence-electron chi connectivity index (χ0n) is 11.9. The van der Waals surface area contributed by atoms with E-state index in [1.54, 1.807) is 0 Å². The van der Waals surface area contributed by atoms with Crippen LogP contribution in [0, 0.1) is 23.2 Å². The zero-order chi connectivity index (χ0) is 14.5. The van der Waals surface area contributed by atoms with E-state index in [0.717, 1.165) is 25.7 Å². The highest BCUT2D eigenvalue weighted by Crippen LogP contribution is 2.31. The van der Waals surface area contributed by atoms with Crippen molar-refractivity contribution in [2.24, 2.45) is 11.8 Å². The molecule has 1 aliphatic rings. The summed E-state index contributed by atoms with van der Waals surface area (Å²) in [5.41, 5.74) is -0.317. The van der Waals surface area contributed by atoms with Gasteiger partial charge in [-0.2, -0.15) is 5.26 Å². The van der Waals surface area contributed by atoms with Crippen molar-refractivity contribution in [2.75, 3.05) is 6.54 Å². The summed E-state index contributed by atoms with van der Waals surface area (Å²) in [5.74, 6) is 0.0123. The fourth-order valence-corrected chi connectivity index (χ4v) is 2.69. The maximum absolute atomic E-state index is 12.2. The number of hydrogen-bond acceptors (Lipinski definition) is 4. The van der Waals surface area contributed by atoms with E-state index >= 15 is 0 Å². The van der Waals surface area contributed by atoms with Crippen LogP contribution in [-0.4, -0.2) is 23.0 Å². The lowest BCUT2D eigenvalue weighted by Gasteiger charge is -2.29. The first-order valence-electron chi connectivity index (χ1n) is 6.96. The Balaban J connectivity index is 2.53. The molecule has 2 N–H and O–H groups in total. The Hall–Kier alpha value is -1.34. The first-order valence-corrected chi connectivity index (χ1v) is 6.96. The number of ketones is 1. The lowest BCUT2D eigenvalue weighted by molar-refractivity contribution is -0.122. The van der Waals surface area contributed by atoms with Crippen molar-refractivity contribution in [1.29, 1.82) is 5.26 Å². The van der Waals surface area contributed by atoms with Crippen LogP contribution in [0.3, 0.4) is 0 Å². The number of nitrogens with zero attached hydrogens (tertiary/aromatic N) is 1. The standard InChI is InChI=1S/C15H24N2O2/c1-4-15(3,8-11(2)18)17-10-14(19)13-7-5-6-12(13)9-16/h12-13,17-18H,2,4-8,10H2,1,3H3/t12-,13?,15?/m0/s1. The minimum Gasteiger partial charge on any atom is -0.513 e. The minimum absolute atomic E-state index is 0.115. The van der Waals surface area contributed by atoms with Crippen molar-refractivity contribution in [2.45, 2.75) is 51.5 Å². The van der Waals surface area contributed by atoms with Gasteiger partial charge in [-0.1, -0.05) is 19.9 Å². The maximum Gasteiger partial charge on any atom is 0.151 e. The summed E-state index contributed by atoms with van der Waals surface area (Å²) in [4.78, 5) is 12.2. The second-order valence-corrected chi connectivity index (χ2v) is 5.75. The Kier molecular flexibility index (Phi) is 5.56. The van der Waals surface area contributed by atoms with Gasteiger partial charge in [0.2, 0.25) is 0 Å². The van der Waals surface area contributed by atoms with Gasteiger partial charge in [-0.25, -0.2) is 0 Å². The number of aliphatic hydroxyl groups is 1. The van der Waals surface area contributed by atoms with Crippen molar-refractivity contribution in [1.82, 2.24) is 5.32 Å². The summed E-state index contributed by atoms with van der Waals surface area (Å²) >= 11 is 0. The topological polar surface area (TPSA) is 73.1 Å². The van der Waals surface area contributed by atoms with E-state index < -0.39 is 0 Å². The van der Waals surface area contributed by atoms with Crippen molar-refractivity contribution in [3.8, 4) is 6.07 Å². The van der Waals surface area contributed by atoms with E-state index in [0.29, 0.717) is 6.42 Å². The van der Waals surface area contributed by atoms with E-state index in [4.69, 9.17) is 5.26 Å². The van der Waals surface area contributed by atoms with E-state index in [9.17, 15) is 9.90 Å². The average Bonchev–Trinajstić information content (AvgIpc) is 2.83. The van der Waals surface area contributed by atoms with E-state index in [-0.39, 0.29) is 35.5 Å². The smallest absolute Gasteiger partial charge is 0.151 e. The van der Waals surface area contributed by atoms with E-state index in [2.05, 4.69) is 18.0 Å². The molecule has 0 amide bonds. The van der Waals surface area contributed by atoms with Crippen LogP contribution in [0.5, 0.6) is 0 Å². The van der Waals surface area contributed by atoms with Crippen LogP contribution in [0.4, 0.5) is 0 Å². The molecule has 0 aromatic heterocycles. The number of Topliss-reactive ketones (excluding diaryl/α,β-unsaturated/α-hetero) is 1. The fourth-order valence-electron chi connectivity index (χ4n) is 2.69. The number of carbonyl (C=O) groups excluding carboxylic acids is 1. The predicted molar refractivity (Wildman–Crippen MR) is 74.5 cm³/mol. The summed E-state index contributed by atoms with van der Waals surface area (Å²) in [6.07, 6.45) is 3.86. The number of rotatable bonds is 7. The van der Waals surface area contributed by atoms with Crippen LogP contribution in [0.1, 0.15) is 46.0 Å². The lowest BCUT2D eigenvalue weighted by Crippen LogP contribution is -2.46. The molecule has 1 rings (SSSR count). The van der Waals surface area contributed by atoms with Gasteiger partial charge >= 0.3 is 0 Å². The highest BCUT2D eigenvalue weighted by atomic mass is 16.3. The second kappa shape index (κ2) is 6.72. The summed E-state index contributed by atoms with van der Waals surface area (Å²) in [7, 11) is 0. The molecule has 106 valence electrons. The van der Waals surface area contributed by atoms with Crippen molar-refractivity contribution in [3.63, 3.8) is 0 Å². The van der Waals surface area contributed by atoms with Gasteiger partial charge in [-0.3, -0.25) is 4.79 Å². The van der Waals surface area contributed by atoms with Crippen molar-refractivity contribution >= 4 is 5.78 Å². The van der Waals surface area contributed by atoms with Crippen molar-refractivity contribution < 1.29 is 9.90 Å². The van der Waals surface area contributed by atoms with Crippen LogP contribution in [0.25, 0.3) is 0 Å². The third kappa shape index (κ3) is 4.36. The molecule has 0 radical (unpaired) electrons. The number of aliphatic hydroxyl groups excluding tert-OH is 1. The molecule has 4 heteroatoms. The largest absolute Gasteiger partial charge is 0.513 e. The minimum atomic E-state index is -0.317. The number of nitrogens with one attached hydrogen (secondary N) is 1. The molecule has 4 nitrogen and oxygen atoms in total. The molecule has 0 aromatic rings. The molecule has 19 heavy (non-hydrogen) atoms. The number of nitriles is 1.